The molecule has 3 unspecified atom stereocenters. The first-order valence-corrected chi connectivity index (χ1v) is 6.61. The maximum absolute atomic E-state index is 2.52. The molecule has 0 radical (unpaired) electrons. The van der Waals surface area contributed by atoms with Crippen molar-refractivity contribution in [2.75, 3.05) is 0 Å². The summed E-state index contributed by atoms with van der Waals surface area (Å²) < 4.78 is 0. The molecule has 0 aliphatic heterocycles. The molecule has 0 amide bonds. The number of aryl methyl sites for hydroxylation is 1. The summed E-state index contributed by atoms with van der Waals surface area (Å²) in [5.74, 6) is 0.995. The lowest BCUT2D eigenvalue weighted by atomic mass is 9.61. The van der Waals surface area contributed by atoms with E-state index in [9.17, 15) is 0 Å². The monoisotopic (exact) mass is 214 g/mol. The molecule has 16 heavy (non-hydrogen) atoms. The molecule has 1 aromatic carbocycles. The number of hydrogen-bond acceptors (Lipinski definition) is 0. The van der Waals surface area contributed by atoms with Crippen molar-refractivity contribution in [3.05, 3.63) is 35.4 Å². The zero-order valence-corrected chi connectivity index (χ0v) is 10.7. The van der Waals surface area contributed by atoms with Gasteiger partial charge in [-0.25, -0.2) is 0 Å². The molecule has 3 atom stereocenters. The van der Waals surface area contributed by atoms with Crippen molar-refractivity contribution in [1.29, 1.82) is 0 Å². The summed E-state index contributed by atoms with van der Waals surface area (Å²) in [6.45, 7) is 7.30. The van der Waals surface area contributed by atoms with Crippen LogP contribution in [-0.4, -0.2) is 0 Å². The summed E-state index contributed by atoms with van der Waals surface area (Å²) in [4.78, 5) is 0. The van der Waals surface area contributed by atoms with E-state index in [1.807, 2.05) is 0 Å². The van der Waals surface area contributed by atoms with E-state index in [2.05, 4.69) is 45.0 Å². The normalized spacial score (nSPS) is 41.6. The highest BCUT2D eigenvalue weighted by atomic mass is 14.6. The first-order chi connectivity index (χ1) is 7.55. The van der Waals surface area contributed by atoms with Crippen LogP contribution in [0.25, 0.3) is 0 Å². The van der Waals surface area contributed by atoms with Crippen LogP contribution in [-0.2, 0) is 5.41 Å². The van der Waals surface area contributed by atoms with E-state index in [-0.39, 0.29) is 0 Å². The maximum atomic E-state index is 2.52. The predicted octanol–water partition coefficient (Wildman–Crippen LogP) is 4.46. The van der Waals surface area contributed by atoms with Crippen molar-refractivity contribution >= 4 is 0 Å². The maximum Gasteiger partial charge on any atom is -0.00162 e. The Kier molecular flexibility index (Phi) is 2.02. The Morgan fingerprint density at radius 1 is 1.12 bits per heavy atom. The van der Waals surface area contributed by atoms with Gasteiger partial charge in [-0.05, 0) is 60.5 Å². The molecule has 3 rings (SSSR count). The molecule has 0 N–H and O–H groups in total. The standard InChI is InChI=1S/C16H22/c1-12-6-4-5-7-14(12)16(3)11-13-8-9-15(16,2)10-13/h4-7,13H,8-11H2,1-3H3. The van der Waals surface area contributed by atoms with Gasteiger partial charge in [0.1, 0.15) is 0 Å². The minimum atomic E-state index is 0.432. The van der Waals surface area contributed by atoms with E-state index in [1.54, 1.807) is 5.56 Å². The molecule has 0 aromatic heterocycles. The molecule has 2 bridgehead atoms. The highest BCUT2D eigenvalue weighted by Gasteiger charge is 2.56. The van der Waals surface area contributed by atoms with E-state index in [1.165, 1.54) is 31.2 Å². The molecule has 0 heterocycles. The second kappa shape index (κ2) is 3.12. The molecule has 2 aliphatic carbocycles. The summed E-state index contributed by atoms with van der Waals surface area (Å²) in [5, 5.41) is 0. The van der Waals surface area contributed by atoms with Crippen LogP contribution in [0.2, 0.25) is 0 Å². The van der Waals surface area contributed by atoms with Crippen LogP contribution in [0, 0.1) is 18.3 Å². The number of benzene rings is 1. The van der Waals surface area contributed by atoms with Crippen LogP contribution < -0.4 is 0 Å². The van der Waals surface area contributed by atoms with E-state index in [0.29, 0.717) is 10.8 Å². The summed E-state index contributed by atoms with van der Waals surface area (Å²) in [6.07, 6.45) is 5.77. The van der Waals surface area contributed by atoms with Gasteiger partial charge < -0.3 is 0 Å². The zero-order valence-electron chi connectivity index (χ0n) is 10.7. The van der Waals surface area contributed by atoms with Crippen LogP contribution in [0.1, 0.15) is 50.7 Å². The SMILES string of the molecule is Cc1ccccc1C1(C)CC2CCC1(C)C2. The summed E-state index contributed by atoms with van der Waals surface area (Å²) in [5.41, 5.74) is 4.09. The van der Waals surface area contributed by atoms with Gasteiger partial charge in [-0.15, -0.1) is 0 Å². The van der Waals surface area contributed by atoms with Crippen molar-refractivity contribution in [1.82, 2.24) is 0 Å². The van der Waals surface area contributed by atoms with Gasteiger partial charge in [0.05, 0.1) is 0 Å². The summed E-state index contributed by atoms with van der Waals surface area (Å²) in [7, 11) is 0. The van der Waals surface area contributed by atoms with Gasteiger partial charge in [-0.3, -0.25) is 0 Å². The lowest BCUT2D eigenvalue weighted by Crippen LogP contribution is -2.37. The highest BCUT2D eigenvalue weighted by Crippen LogP contribution is 2.64. The Bertz CT molecular complexity index is 420. The quantitative estimate of drug-likeness (QED) is 0.647. The number of fused-ring (bicyclic) bond motifs is 2. The van der Waals surface area contributed by atoms with Crippen LogP contribution in [0.4, 0.5) is 0 Å². The third-order valence-electron chi connectivity index (χ3n) is 5.61. The van der Waals surface area contributed by atoms with Crippen molar-refractivity contribution in [3.63, 3.8) is 0 Å². The van der Waals surface area contributed by atoms with Crippen LogP contribution in [0.15, 0.2) is 24.3 Å². The van der Waals surface area contributed by atoms with E-state index < -0.39 is 0 Å². The largest absolute Gasteiger partial charge is 0.0620 e. The van der Waals surface area contributed by atoms with Gasteiger partial charge in [0.2, 0.25) is 0 Å². The Hall–Kier alpha value is -0.780. The molecular formula is C16H22. The van der Waals surface area contributed by atoms with Crippen molar-refractivity contribution in [2.45, 2.75) is 51.9 Å². The average molecular weight is 214 g/mol. The van der Waals surface area contributed by atoms with Crippen LogP contribution >= 0.6 is 0 Å². The fourth-order valence-corrected chi connectivity index (χ4v) is 4.49. The Morgan fingerprint density at radius 2 is 1.88 bits per heavy atom. The van der Waals surface area contributed by atoms with Gasteiger partial charge in [-0.1, -0.05) is 38.1 Å². The van der Waals surface area contributed by atoms with Gasteiger partial charge in [0.15, 0.2) is 0 Å². The summed E-state index contributed by atoms with van der Waals surface area (Å²) in [6, 6.07) is 9.01. The smallest absolute Gasteiger partial charge is 0.00162 e. The third kappa shape index (κ3) is 1.16. The van der Waals surface area contributed by atoms with Gasteiger partial charge >= 0.3 is 0 Å². The number of rotatable bonds is 1. The third-order valence-corrected chi connectivity index (χ3v) is 5.61. The topological polar surface area (TPSA) is 0 Å². The highest BCUT2D eigenvalue weighted by molar-refractivity contribution is 5.37. The molecule has 0 heteroatoms. The van der Waals surface area contributed by atoms with Crippen molar-refractivity contribution in [3.8, 4) is 0 Å². The van der Waals surface area contributed by atoms with E-state index >= 15 is 0 Å². The molecular weight excluding hydrogens is 192 g/mol. The molecule has 2 aliphatic rings. The second-order valence-electron chi connectivity index (χ2n) is 6.52. The van der Waals surface area contributed by atoms with Gasteiger partial charge in [-0.2, -0.15) is 0 Å². The average Bonchev–Trinajstić information content (AvgIpc) is 2.72. The van der Waals surface area contributed by atoms with E-state index in [4.69, 9.17) is 0 Å². The molecule has 0 spiro atoms. The first kappa shape index (κ1) is 10.4. The molecule has 0 saturated heterocycles. The van der Waals surface area contributed by atoms with Gasteiger partial charge in [0.25, 0.3) is 0 Å². The second-order valence-corrected chi connectivity index (χ2v) is 6.52. The minimum Gasteiger partial charge on any atom is -0.0620 e. The van der Waals surface area contributed by atoms with E-state index in [0.717, 1.165) is 5.92 Å². The van der Waals surface area contributed by atoms with Gasteiger partial charge in [0, 0.05) is 0 Å². The lowest BCUT2D eigenvalue weighted by Gasteiger charge is -2.43. The molecule has 2 saturated carbocycles. The summed E-state index contributed by atoms with van der Waals surface area (Å²) >= 11 is 0. The molecule has 1 aromatic rings. The Balaban J connectivity index is 2.10. The first-order valence-electron chi connectivity index (χ1n) is 6.61. The predicted molar refractivity (Wildman–Crippen MR) is 68.6 cm³/mol. The molecule has 0 nitrogen and oxygen atoms in total. The lowest BCUT2D eigenvalue weighted by molar-refractivity contribution is 0.176. The number of hydrogen-bond donors (Lipinski definition) is 0. The Labute approximate surface area is 99.1 Å². The minimum absolute atomic E-state index is 0.432. The van der Waals surface area contributed by atoms with Crippen molar-refractivity contribution in [2.24, 2.45) is 11.3 Å². The fraction of sp³-hybridized carbons (Fsp3) is 0.625. The fourth-order valence-electron chi connectivity index (χ4n) is 4.49. The van der Waals surface area contributed by atoms with Crippen molar-refractivity contribution < 1.29 is 0 Å². The molecule has 2 fully saturated rings. The van der Waals surface area contributed by atoms with Crippen LogP contribution in [0.5, 0.6) is 0 Å². The Morgan fingerprint density at radius 3 is 2.44 bits per heavy atom. The molecule has 86 valence electrons. The zero-order chi connectivity index (χ0) is 11.4. The van der Waals surface area contributed by atoms with Crippen LogP contribution in [0.3, 0.4) is 0 Å².